The predicted octanol–water partition coefficient (Wildman–Crippen LogP) is 2.52. The summed E-state index contributed by atoms with van der Waals surface area (Å²) in [7, 11) is 0. The number of rotatable bonds is 5. The highest BCUT2D eigenvalue weighted by atomic mass is 19.1. The summed E-state index contributed by atoms with van der Waals surface area (Å²) < 4.78 is 15.0. The van der Waals surface area contributed by atoms with Crippen molar-refractivity contribution in [2.75, 3.05) is 0 Å². The zero-order valence-corrected chi connectivity index (χ0v) is 12.1. The zero-order chi connectivity index (χ0) is 14.8. The molecule has 2 rings (SSSR count). The Kier molecular flexibility index (Phi) is 4.20. The maximum absolute atomic E-state index is 13.1. The van der Waals surface area contributed by atoms with Crippen LogP contribution in [0.1, 0.15) is 38.1 Å². The number of hydrogen-bond acceptors (Lipinski definition) is 3. The number of nitrogens with two attached hydrogens (primary N) is 1. The first-order valence-corrected chi connectivity index (χ1v) is 6.74. The van der Waals surface area contributed by atoms with Crippen LogP contribution in [0.25, 0.3) is 0 Å². The lowest BCUT2D eigenvalue weighted by Gasteiger charge is -2.34. The minimum Gasteiger partial charge on any atom is -0.271 e. The number of aromatic nitrogens is 2. The van der Waals surface area contributed by atoms with Crippen molar-refractivity contribution in [3.8, 4) is 0 Å². The molecule has 0 saturated carbocycles. The normalized spacial score (nSPS) is 13.4. The molecule has 1 heterocycles. The molecule has 1 aromatic carbocycles. The van der Waals surface area contributed by atoms with Gasteiger partial charge in [0.1, 0.15) is 5.82 Å². The van der Waals surface area contributed by atoms with Gasteiger partial charge in [-0.25, -0.2) is 4.39 Å². The van der Waals surface area contributed by atoms with Crippen molar-refractivity contribution in [1.82, 2.24) is 15.2 Å². The van der Waals surface area contributed by atoms with Gasteiger partial charge >= 0.3 is 0 Å². The molecule has 1 atom stereocenters. The van der Waals surface area contributed by atoms with E-state index >= 15 is 0 Å². The quantitative estimate of drug-likeness (QED) is 0.652. The maximum atomic E-state index is 13.1. The second-order valence-corrected chi connectivity index (χ2v) is 5.40. The lowest BCUT2D eigenvalue weighted by atomic mass is 9.76. The molecule has 0 aliphatic carbocycles. The van der Waals surface area contributed by atoms with Crippen LogP contribution in [0.15, 0.2) is 36.5 Å². The highest BCUT2D eigenvalue weighted by molar-refractivity contribution is 5.29. The van der Waals surface area contributed by atoms with Gasteiger partial charge in [0, 0.05) is 18.2 Å². The average Bonchev–Trinajstić information content (AvgIpc) is 2.88. The van der Waals surface area contributed by atoms with E-state index in [2.05, 4.69) is 24.4 Å². The molecular weight excluding hydrogens is 255 g/mol. The third-order valence-electron chi connectivity index (χ3n) is 3.82. The van der Waals surface area contributed by atoms with Crippen LogP contribution in [0.2, 0.25) is 0 Å². The summed E-state index contributed by atoms with van der Waals surface area (Å²) in [5, 5.41) is 4.29. The van der Waals surface area contributed by atoms with Gasteiger partial charge in [-0.15, -0.1) is 0 Å². The topological polar surface area (TPSA) is 55.9 Å². The number of nitrogens with one attached hydrogen (secondary N) is 1. The van der Waals surface area contributed by atoms with E-state index in [0.717, 1.165) is 17.8 Å². The molecule has 2 aromatic rings. The van der Waals surface area contributed by atoms with E-state index in [4.69, 9.17) is 5.84 Å². The van der Waals surface area contributed by atoms with Crippen LogP contribution in [0.4, 0.5) is 4.39 Å². The summed E-state index contributed by atoms with van der Waals surface area (Å²) in [6.07, 6.45) is 1.77. The van der Waals surface area contributed by atoms with Gasteiger partial charge in [0.05, 0.1) is 11.7 Å². The Morgan fingerprint density at radius 1 is 1.30 bits per heavy atom. The van der Waals surface area contributed by atoms with Crippen LogP contribution in [-0.2, 0) is 12.0 Å². The standard InChI is InChI=1S/C15H21FN4/c1-4-20-13(9-10-18-20)14(19-17)15(2,3)11-5-7-12(16)8-6-11/h5-10,14,19H,4,17H2,1-3H3. The van der Waals surface area contributed by atoms with Gasteiger partial charge in [-0.05, 0) is 30.7 Å². The summed E-state index contributed by atoms with van der Waals surface area (Å²) >= 11 is 0. The molecule has 0 radical (unpaired) electrons. The Bertz CT molecular complexity index is 560. The fraction of sp³-hybridized carbons (Fsp3) is 0.400. The molecule has 3 N–H and O–H groups in total. The van der Waals surface area contributed by atoms with E-state index in [1.165, 1.54) is 12.1 Å². The van der Waals surface area contributed by atoms with Gasteiger partial charge in [0.25, 0.3) is 0 Å². The van der Waals surface area contributed by atoms with Crippen LogP contribution in [0, 0.1) is 5.82 Å². The largest absolute Gasteiger partial charge is 0.271 e. The van der Waals surface area contributed by atoms with E-state index in [1.807, 2.05) is 17.7 Å². The molecule has 20 heavy (non-hydrogen) atoms. The van der Waals surface area contributed by atoms with E-state index < -0.39 is 0 Å². The maximum Gasteiger partial charge on any atom is 0.123 e. The Balaban J connectivity index is 2.41. The van der Waals surface area contributed by atoms with Crippen molar-refractivity contribution in [2.45, 2.75) is 38.8 Å². The third-order valence-corrected chi connectivity index (χ3v) is 3.82. The summed E-state index contributed by atoms with van der Waals surface area (Å²) in [5.41, 5.74) is 4.62. The van der Waals surface area contributed by atoms with Crippen LogP contribution in [0.3, 0.4) is 0 Å². The molecule has 108 valence electrons. The van der Waals surface area contributed by atoms with Crippen molar-refractivity contribution >= 4 is 0 Å². The van der Waals surface area contributed by atoms with Crippen molar-refractivity contribution in [1.29, 1.82) is 0 Å². The fourth-order valence-electron chi connectivity index (χ4n) is 2.56. The minimum atomic E-state index is -0.296. The third kappa shape index (κ3) is 2.59. The lowest BCUT2D eigenvalue weighted by molar-refractivity contribution is 0.332. The Labute approximate surface area is 118 Å². The number of benzene rings is 1. The summed E-state index contributed by atoms with van der Waals surface area (Å²) in [6.45, 7) is 6.98. The van der Waals surface area contributed by atoms with Crippen LogP contribution in [0.5, 0.6) is 0 Å². The van der Waals surface area contributed by atoms with E-state index in [-0.39, 0.29) is 17.3 Å². The number of hydrogen-bond donors (Lipinski definition) is 2. The first-order valence-electron chi connectivity index (χ1n) is 6.74. The fourth-order valence-corrected chi connectivity index (χ4v) is 2.56. The summed E-state index contributed by atoms with van der Waals surface area (Å²) in [4.78, 5) is 0. The van der Waals surface area contributed by atoms with Crippen molar-refractivity contribution < 1.29 is 4.39 Å². The molecule has 1 aromatic heterocycles. The van der Waals surface area contributed by atoms with E-state index in [1.54, 1.807) is 18.3 Å². The molecule has 0 saturated heterocycles. The molecule has 4 nitrogen and oxygen atoms in total. The molecule has 0 spiro atoms. The molecule has 0 amide bonds. The van der Waals surface area contributed by atoms with Gasteiger partial charge in [-0.3, -0.25) is 16.0 Å². The van der Waals surface area contributed by atoms with Gasteiger partial charge in [-0.2, -0.15) is 5.10 Å². The van der Waals surface area contributed by atoms with E-state index in [9.17, 15) is 4.39 Å². The molecular formula is C15H21FN4. The smallest absolute Gasteiger partial charge is 0.123 e. The van der Waals surface area contributed by atoms with Gasteiger partial charge in [0.2, 0.25) is 0 Å². The van der Waals surface area contributed by atoms with Crippen LogP contribution in [-0.4, -0.2) is 9.78 Å². The second-order valence-electron chi connectivity index (χ2n) is 5.40. The number of aryl methyl sites for hydroxylation is 1. The molecule has 0 aliphatic heterocycles. The van der Waals surface area contributed by atoms with Gasteiger partial charge in [0.15, 0.2) is 0 Å². The number of hydrazine groups is 1. The molecule has 1 unspecified atom stereocenters. The summed E-state index contributed by atoms with van der Waals surface area (Å²) in [5.74, 6) is 5.54. The minimum absolute atomic E-state index is 0.115. The molecule has 0 bridgehead atoms. The highest BCUT2D eigenvalue weighted by Gasteiger charge is 2.33. The monoisotopic (exact) mass is 276 g/mol. The van der Waals surface area contributed by atoms with Gasteiger partial charge in [-0.1, -0.05) is 26.0 Å². The zero-order valence-electron chi connectivity index (χ0n) is 12.1. The Morgan fingerprint density at radius 2 is 1.95 bits per heavy atom. The first kappa shape index (κ1) is 14.7. The predicted molar refractivity (Wildman–Crippen MR) is 77.4 cm³/mol. The van der Waals surface area contributed by atoms with E-state index in [0.29, 0.717) is 0 Å². The second kappa shape index (κ2) is 5.73. The molecule has 0 fully saturated rings. The highest BCUT2D eigenvalue weighted by Crippen LogP contribution is 2.36. The van der Waals surface area contributed by atoms with Crippen molar-refractivity contribution in [3.05, 3.63) is 53.6 Å². The molecule has 5 heteroatoms. The van der Waals surface area contributed by atoms with Gasteiger partial charge < -0.3 is 0 Å². The van der Waals surface area contributed by atoms with Crippen molar-refractivity contribution in [2.24, 2.45) is 5.84 Å². The number of halogens is 1. The lowest BCUT2D eigenvalue weighted by Crippen LogP contribution is -2.42. The van der Waals surface area contributed by atoms with Crippen LogP contribution < -0.4 is 11.3 Å². The van der Waals surface area contributed by atoms with Crippen LogP contribution >= 0.6 is 0 Å². The molecule has 0 aliphatic rings. The Hall–Kier alpha value is -1.72. The summed E-state index contributed by atoms with van der Waals surface area (Å²) in [6, 6.07) is 8.39. The first-order chi connectivity index (χ1) is 9.50. The number of nitrogens with zero attached hydrogens (tertiary/aromatic N) is 2. The SMILES string of the molecule is CCn1nccc1C(NN)C(C)(C)c1ccc(F)cc1. The Morgan fingerprint density at radius 3 is 2.50 bits per heavy atom. The average molecular weight is 276 g/mol. The van der Waals surface area contributed by atoms with Crippen molar-refractivity contribution in [3.63, 3.8) is 0 Å².